The number of hydrogen-bond donors (Lipinski definition) is 1. The van der Waals surface area contributed by atoms with Crippen molar-refractivity contribution in [3.8, 4) is 11.4 Å². The lowest BCUT2D eigenvalue weighted by Gasteiger charge is -2.11. The molecule has 0 bridgehead atoms. The van der Waals surface area contributed by atoms with E-state index in [1.807, 2.05) is 60.0 Å². The Morgan fingerprint density at radius 2 is 1.74 bits per heavy atom. The molecule has 0 fully saturated rings. The summed E-state index contributed by atoms with van der Waals surface area (Å²) in [6.45, 7) is 4.80. The summed E-state index contributed by atoms with van der Waals surface area (Å²) >= 11 is 0. The Balaban J connectivity index is 1.56. The fourth-order valence-electron chi connectivity index (χ4n) is 3.59. The number of aromatic nitrogens is 3. The van der Waals surface area contributed by atoms with E-state index >= 15 is 0 Å². The van der Waals surface area contributed by atoms with Gasteiger partial charge in [0, 0.05) is 24.8 Å². The van der Waals surface area contributed by atoms with Crippen molar-refractivity contribution in [3.63, 3.8) is 0 Å². The summed E-state index contributed by atoms with van der Waals surface area (Å²) in [4.78, 5) is 9.48. The summed E-state index contributed by atoms with van der Waals surface area (Å²) < 4.78 is 30.1. The van der Waals surface area contributed by atoms with Crippen molar-refractivity contribution in [3.05, 3.63) is 78.0 Å². The second-order valence-corrected chi connectivity index (χ2v) is 9.36. The van der Waals surface area contributed by atoms with E-state index in [1.165, 1.54) is 5.56 Å². The number of sulfonamides is 1. The van der Waals surface area contributed by atoms with Gasteiger partial charge in [0.15, 0.2) is 5.65 Å². The quantitative estimate of drug-likeness (QED) is 0.448. The van der Waals surface area contributed by atoms with Gasteiger partial charge >= 0.3 is 0 Å². The van der Waals surface area contributed by atoms with Crippen LogP contribution in [0.2, 0.25) is 0 Å². The molecule has 160 valence electrons. The molecule has 0 atom stereocenters. The molecule has 0 aliphatic carbocycles. The van der Waals surface area contributed by atoms with E-state index in [9.17, 15) is 8.42 Å². The van der Waals surface area contributed by atoms with Crippen LogP contribution in [-0.2, 0) is 23.0 Å². The summed E-state index contributed by atoms with van der Waals surface area (Å²) in [5.41, 5.74) is 4.80. The monoisotopic (exact) mass is 434 g/mol. The van der Waals surface area contributed by atoms with Crippen molar-refractivity contribution in [1.82, 2.24) is 19.3 Å². The Morgan fingerprint density at radius 3 is 2.45 bits per heavy atom. The molecule has 0 amide bonds. The Hall–Kier alpha value is -3.03. The third kappa shape index (κ3) is 4.68. The average molecular weight is 435 g/mol. The second-order valence-electron chi connectivity index (χ2n) is 7.59. The molecule has 0 saturated carbocycles. The van der Waals surface area contributed by atoms with Gasteiger partial charge in [0.25, 0.3) is 0 Å². The third-order valence-electron chi connectivity index (χ3n) is 5.21. The van der Waals surface area contributed by atoms with Crippen LogP contribution in [0.15, 0.2) is 71.8 Å². The van der Waals surface area contributed by atoms with Crippen molar-refractivity contribution in [1.29, 1.82) is 0 Å². The van der Waals surface area contributed by atoms with Crippen LogP contribution in [0.25, 0.3) is 22.6 Å². The Bertz CT molecular complexity index is 1280. The van der Waals surface area contributed by atoms with Gasteiger partial charge in [0.05, 0.1) is 4.90 Å². The van der Waals surface area contributed by atoms with Crippen LogP contribution in [0.3, 0.4) is 0 Å². The minimum Gasteiger partial charge on any atom is -0.307 e. The standard InChI is InChI=1S/C24H26N4O2S/c1-3-5-19-9-13-21(14-10-19)31(29,30)26-16-17-28-23(20-11-7-18(2)8-12-20)27-22-6-4-15-25-24(22)28/h4,6-15,26H,3,5,16-17H2,1-2H3. The first-order valence-electron chi connectivity index (χ1n) is 10.4. The number of rotatable bonds is 8. The number of nitrogens with one attached hydrogen (secondary N) is 1. The van der Waals surface area contributed by atoms with Gasteiger partial charge in [-0.3, -0.25) is 0 Å². The zero-order valence-corrected chi connectivity index (χ0v) is 18.6. The number of hydrogen-bond acceptors (Lipinski definition) is 4. The van der Waals surface area contributed by atoms with Crippen LogP contribution >= 0.6 is 0 Å². The van der Waals surface area contributed by atoms with Gasteiger partial charge in [0.2, 0.25) is 10.0 Å². The Kier molecular flexibility index (Phi) is 6.15. The molecular weight excluding hydrogens is 408 g/mol. The molecule has 0 aliphatic rings. The Labute approximate surface area is 183 Å². The van der Waals surface area contributed by atoms with Gasteiger partial charge < -0.3 is 4.57 Å². The van der Waals surface area contributed by atoms with Crippen LogP contribution < -0.4 is 4.72 Å². The molecule has 0 unspecified atom stereocenters. The predicted molar refractivity (Wildman–Crippen MR) is 123 cm³/mol. The highest BCUT2D eigenvalue weighted by Gasteiger charge is 2.16. The molecule has 6 nitrogen and oxygen atoms in total. The van der Waals surface area contributed by atoms with E-state index in [-0.39, 0.29) is 11.4 Å². The van der Waals surface area contributed by atoms with Crippen molar-refractivity contribution < 1.29 is 8.42 Å². The number of aryl methyl sites for hydroxylation is 2. The van der Waals surface area contributed by atoms with Gasteiger partial charge in [-0.15, -0.1) is 0 Å². The summed E-state index contributed by atoms with van der Waals surface area (Å²) in [7, 11) is -3.59. The first kappa shape index (κ1) is 21.2. The van der Waals surface area contributed by atoms with Crippen LogP contribution in [0, 0.1) is 6.92 Å². The van der Waals surface area contributed by atoms with Gasteiger partial charge in [-0.1, -0.05) is 55.3 Å². The molecule has 31 heavy (non-hydrogen) atoms. The average Bonchev–Trinajstić information content (AvgIpc) is 3.13. The van der Waals surface area contributed by atoms with Crippen molar-refractivity contribution in [2.75, 3.05) is 6.54 Å². The van der Waals surface area contributed by atoms with Gasteiger partial charge in [0.1, 0.15) is 11.3 Å². The maximum Gasteiger partial charge on any atom is 0.240 e. The summed E-state index contributed by atoms with van der Waals surface area (Å²) in [5.74, 6) is 0.775. The van der Waals surface area contributed by atoms with Gasteiger partial charge in [-0.2, -0.15) is 0 Å². The van der Waals surface area contributed by atoms with Crippen molar-refractivity contribution >= 4 is 21.2 Å². The third-order valence-corrected chi connectivity index (χ3v) is 6.69. The van der Waals surface area contributed by atoms with E-state index < -0.39 is 10.0 Å². The molecule has 2 heterocycles. The van der Waals surface area contributed by atoms with Gasteiger partial charge in [-0.25, -0.2) is 23.1 Å². The molecule has 0 aliphatic heterocycles. The highest BCUT2D eigenvalue weighted by molar-refractivity contribution is 7.89. The van der Waals surface area contributed by atoms with E-state index in [4.69, 9.17) is 4.98 Å². The van der Waals surface area contributed by atoms with Crippen molar-refractivity contribution in [2.24, 2.45) is 0 Å². The lowest BCUT2D eigenvalue weighted by atomic mass is 10.1. The summed E-state index contributed by atoms with van der Waals surface area (Å²) in [6, 6.07) is 19.0. The minimum atomic E-state index is -3.59. The van der Waals surface area contributed by atoms with Crippen LogP contribution in [0.4, 0.5) is 0 Å². The lowest BCUT2D eigenvalue weighted by molar-refractivity contribution is 0.574. The zero-order valence-electron chi connectivity index (χ0n) is 17.7. The first-order chi connectivity index (χ1) is 15.0. The van der Waals surface area contributed by atoms with Crippen LogP contribution in [-0.4, -0.2) is 29.5 Å². The maximum absolute atomic E-state index is 12.7. The molecule has 0 spiro atoms. The fourth-order valence-corrected chi connectivity index (χ4v) is 4.61. The maximum atomic E-state index is 12.7. The highest BCUT2D eigenvalue weighted by Crippen LogP contribution is 2.24. The van der Waals surface area contributed by atoms with Crippen LogP contribution in [0.1, 0.15) is 24.5 Å². The zero-order chi connectivity index (χ0) is 21.8. The molecule has 0 radical (unpaired) electrons. The number of imidazole rings is 1. The fraction of sp³-hybridized carbons (Fsp3) is 0.250. The number of fused-ring (bicyclic) bond motifs is 1. The number of pyridine rings is 1. The minimum absolute atomic E-state index is 0.236. The Morgan fingerprint density at radius 1 is 1.00 bits per heavy atom. The van der Waals surface area contributed by atoms with Crippen LogP contribution in [0.5, 0.6) is 0 Å². The SMILES string of the molecule is CCCc1ccc(S(=O)(=O)NCCn2c(-c3ccc(C)cc3)nc3cccnc32)cc1. The highest BCUT2D eigenvalue weighted by atomic mass is 32.2. The van der Waals surface area contributed by atoms with E-state index in [0.717, 1.165) is 41.0 Å². The number of benzene rings is 2. The van der Waals surface area contributed by atoms with E-state index in [1.54, 1.807) is 18.3 Å². The molecule has 7 heteroatoms. The number of nitrogens with zero attached hydrogens (tertiary/aromatic N) is 3. The topological polar surface area (TPSA) is 76.9 Å². The summed E-state index contributed by atoms with van der Waals surface area (Å²) in [5, 5.41) is 0. The predicted octanol–water partition coefficient (Wildman–Crippen LogP) is 4.34. The second kappa shape index (κ2) is 8.99. The van der Waals surface area contributed by atoms with Gasteiger partial charge in [-0.05, 0) is 43.2 Å². The molecular formula is C24H26N4O2S. The molecule has 1 N–H and O–H groups in total. The smallest absolute Gasteiger partial charge is 0.240 e. The molecule has 4 rings (SSSR count). The molecule has 4 aromatic rings. The summed E-state index contributed by atoms with van der Waals surface area (Å²) in [6.07, 6.45) is 3.69. The van der Waals surface area contributed by atoms with E-state index in [0.29, 0.717) is 6.54 Å². The largest absolute Gasteiger partial charge is 0.307 e. The molecule has 0 saturated heterocycles. The van der Waals surface area contributed by atoms with E-state index in [2.05, 4.69) is 16.6 Å². The first-order valence-corrected chi connectivity index (χ1v) is 11.9. The molecule has 2 aromatic carbocycles. The lowest BCUT2D eigenvalue weighted by Crippen LogP contribution is -2.27. The van der Waals surface area contributed by atoms with Crippen molar-refractivity contribution in [2.45, 2.75) is 38.1 Å². The molecule has 2 aromatic heterocycles. The normalized spacial score (nSPS) is 11.8.